The van der Waals surface area contributed by atoms with E-state index in [-0.39, 0.29) is 17.8 Å². The van der Waals surface area contributed by atoms with Crippen LogP contribution in [0.5, 0.6) is 0 Å². The van der Waals surface area contributed by atoms with E-state index in [1.807, 2.05) is 13.0 Å². The largest absolute Gasteiger partial charge is 0.394 e. The molecule has 1 rings (SSSR count). The summed E-state index contributed by atoms with van der Waals surface area (Å²) in [6.45, 7) is 1.97. The fraction of sp³-hybridized carbons (Fsp3) is 0.500. The molecule has 0 spiro atoms. The van der Waals surface area contributed by atoms with Crippen molar-refractivity contribution in [3.05, 3.63) is 10.7 Å². The molecule has 0 radical (unpaired) electrons. The quantitative estimate of drug-likeness (QED) is 0.830. The minimum Gasteiger partial charge on any atom is -0.394 e. The first kappa shape index (κ1) is 11.2. The molecule has 0 bridgehead atoms. The molecule has 0 fully saturated rings. The summed E-state index contributed by atoms with van der Waals surface area (Å²) in [5, 5.41) is 21.6. The molecule has 1 aromatic heterocycles. The Kier molecular flexibility index (Phi) is 4.14. The lowest BCUT2D eigenvalue weighted by Gasteiger charge is -2.13. The van der Waals surface area contributed by atoms with Gasteiger partial charge in [0.05, 0.1) is 6.61 Å². The highest BCUT2D eigenvalue weighted by atomic mass is 35.5. The third-order valence-electron chi connectivity index (χ3n) is 1.81. The van der Waals surface area contributed by atoms with Gasteiger partial charge in [0.25, 0.3) is 0 Å². The molecule has 14 heavy (non-hydrogen) atoms. The summed E-state index contributed by atoms with van der Waals surface area (Å²) in [7, 11) is 0. The summed E-state index contributed by atoms with van der Waals surface area (Å²) >= 11 is 6.82. The van der Waals surface area contributed by atoms with Gasteiger partial charge in [-0.1, -0.05) is 18.5 Å². The van der Waals surface area contributed by atoms with Crippen LogP contribution in [0.4, 0.5) is 5.00 Å². The molecule has 0 aliphatic heterocycles. The lowest BCUT2D eigenvalue weighted by molar-refractivity contribution is 0.272. The second kappa shape index (κ2) is 5.15. The van der Waals surface area contributed by atoms with E-state index >= 15 is 0 Å². The van der Waals surface area contributed by atoms with Crippen LogP contribution in [0.3, 0.4) is 0 Å². The molecule has 4 nitrogen and oxygen atoms in total. The first-order valence-corrected chi connectivity index (χ1v) is 5.30. The summed E-state index contributed by atoms with van der Waals surface area (Å²) < 4.78 is 3.85. The van der Waals surface area contributed by atoms with Crippen molar-refractivity contribution in [1.29, 1.82) is 5.26 Å². The highest BCUT2D eigenvalue weighted by Gasteiger charge is 2.14. The van der Waals surface area contributed by atoms with E-state index in [1.165, 1.54) is 0 Å². The van der Waals surface area contributed by atoms with Crippen LogP contribution < -0.4 is 5.32 Å². The minimum absolute atomic E-state index is 0.0247. The lowest BCUT2D eigenvalue weighted by Crippen LogP contribution is -2.22. The van der Waals surface area contributed by atoms with E-state index in [1.54, 1.807) is 0 Å². The van der Waals surface area contributed by atoms with E-state index in [9.17, 15) is 0 Å². The van der Waals surface area contributed by atoms with E-state index in [0.29, 0.717) is 10.6 Å². The molecule has 0 saturated heterocycles. The van der Waals surface area contributed by atoms with Gasteiger partial charge in [0.1, 0.15) is 16.6 Å². The van der Waals surface area contributed by atoms with Gasteiger partial charge >= 0.3 is 0 Å². The van der Waals surface area contributed by atoms with Crippen molar-refractivity contribution in [2.45, 2.75) is 19.4 Å². The number of aromatic nitrogens is 1. The second-order valence-electron chi connectivity index (χ2n) is 2.72. The summed E-state index contributed by atoms with van der Waals surface area (Å²) in [5.74, 6) is 0. The average Bonchev–Trinajstić information content (AvgIpc) is 2.55. The molecule has 6 heteroatoms. The van der Waals surface area contributed by atoms with Crippen LogP contribution >= 0.6 is 23.1 Å². The predicted molar refractivity (Wildman–Crippen MR) is 56.6 cm³/mol. The van der Waals surface area contributed by atoms with E-state index in [4.69, 9.17) is 22.0 Å². The van der Waals surface area contributed by atoms with Gasteiger partial charge in [-0.25, -0.2) is 0 Å². The number of nitrogens with one attached hydrogen (secondary N) is 1. The number of aliphatic hydroxyl groups is 1. The molecule has 0 aromatic carbocycles. The molecular formula is C8H10ClN3OS. The first-order valence-electron chi connectivity index (χ1n) is 4.15. The van der Waals surface area contributed by atoms with Gasteiger partial charge in [0.2, 0.25) is 0 Å². The van der Waals surface area contributed by atoms with Crippen LogP contribution in [-0.2, 0) is 0 Å². The SMILES string of the molecule is CCC(CO)Nc1snc(Cl)c1C#N. The van der Waals surface area contributed by atoms with Gasteiger partial charge in [-0.15, -0.1) is 0 Å². The second-order valence-corrected chi connectivity index (χ2v) is 3.85. The van der Waals surface area contributed by atoms with Crippen molar-refractivity contribution >= 4 is 28.1 Å². The van der Waals surface area contributed by atoms with Gasteiger partial charge in [-0.3, -0.25) is 0 Å². The monoisotopic (exact) mass is 231 g/mol. The molecule has 1 unspecified atom stereocenters. The number of hydrogen-bond acceptors (Lipinski definition) is 5. The molecule has 0 amide bonds. The zero-order valence-electron chi connectivity index (χ0n) is 7.62. The van der Waals surface area contributed by atoms with Gasteiger partial charge in [-0.05, 0) is 18.0 Å². The number of rotatable bonds is 4. The average molecular weight is 232 g/mol. The topological polar surface area (TPSA) is 68.9 Å². The van der Waals surface area contributed by atoms with Crippen molar-refractivity contribution in [1.82, 2.24) is 4.37 Å². The number of aliphatic hydroxyl groups excluding tert-OH is 1. The van der Waals surface area contributed by atoms with Gasteiger partial charge in [0.15, 0.2) is 5.15 Å². The number of hydrogen-bond donors (Lipinski definition) is 2. The van der Waals surface area contributed by atoms with Gasteiger partial charge in [0, 0.05) is 6.04 Å². The summed E-state index contributed by atoms with van der Waals surface area (Å²) in [4.78, 5) is 0. The molecule has 0 saturated carbocycles. The predicted octanol–water partition coefficient (Wildman–Crippen LogP) is 1.85. The maximum Gasteiger partial charge on any atom is 0.162 e. The number of anilines is 1. The zero-order chi connectivity index (χ0) is 10.6. The van der Waals surface area contributed by atoms with Crippen molar-refractivity contribution in [2.24, 2.45) is 0 Å². The molecule has 1 aromatic rings. The first-order chi connectivity index (χ1) is 6.72. The van der Waals surface area contributed by atoms with Crippen LogP contribution in [0, 0.1) is 11.3 Å². The summed E-state index contributed by atoms with van der Waals surface area (Å²) in [6.07, 6.45) is 0.775. The number of nitriles is 1. The molecule has 1 heterocycles. The van der Waals surface area contributed by atoms with Crippen molar-refractivity contribution in [2.75, 3.05) is 11.9 Å². The fourth-order valence-electron chi connectivity index (χ4n) is 0.928. The molecule has 2 N–H and O–H groups in total. The maximum atomic E-state index is 8.96. The number of halogens is 1. The van der Waals surface area contributed by atoms with Crippen LogP contribution in [0.25, 0.3) is 0 Å². The van der Waals surface area contributed by atoms with Crippen LogP contribution in [-0.4, -0.2) is 22.1 Å². The van der Waals surface area contributed by atoms with Crippen molar-refractivity contribution < 1.29 is 5.11 Å². The Morgan fingerprint density at radius 1 is 1.79 bits per heavy atom. The van der Waals surface area contributed by atoms with Crippen molar-refractivity contribution in [3.8, 4) is 6.07 Å². The maximum absolute atomic E-state index is 8.96. The third kappa shape index (κ3) is 2.35. The Labute approximate surface area is 91.3 Å². The molecule has 0 aliphatic carbocycles. The molecular weight excluding hydrogens is 222 g/mol. The summed E-state index contributed by atoms with van der Waals surface area (Å²) in [6, 6.07) is 1.91. The molecule has 76 valence electrons. The minimum atomic E-state index is -0.0568. The highest BCUT2D eigenvalue weighted by molar-refractivity contribution is 7.10. The van der Waals surface area contributed by atoms with E-state index < -0.39 is 0 Å². The Balaban J connectivity index is 2.81. The zero-order valence-corrected chi connectivity index (χ0v) is 9.19. The molecule has 0 aliphatic rings. The van der Waals surface area contributed by atoms with Gasteiger partial charge in [-0.2, -0.15) is 9.64 Å². The van der Waals surface area contributed by atoms with Crippen LogP contribution in [0.2, 0.25) is 5.15 Å². The van der Waals surface area contributed by atoms with E-state index in [0.717, 1.165) is 18.0 Å². The molecule has 1 atom stereocenters. The lowest BCUT2D eigenvalue weighted by atomic mass is 10.2. The van der Waals surface area contributed by atoms with E-state index in [2.05, 4.69) is 9.69 Å². The van der Waals surface area contributed by atoms with Crippen LogP contribution in [0.15, 0.2) is 0 Å². The standard InChI is InChI=1S/C8H10ClN3OS/c1-2-5(4-13)11-8-6(3-10)7(9)12-14-8/h5,11,13H,2,4H2,1H3. The fourth-order valence-corrected chi connectivity index (χ4v) is 1.94. The van der Waals surface area contributed by atoms with Crippen LogP contribution in [0.1, 0.15) is 18.9 Å². The Morgan fingerprint density at radius 2 is 2.50 bits per heavy atom. The Morgan fingerprint density at radius 3 is 3.00 bits per heavy atom. The van der Waals surface area contributed by atoms with Gasteiger partial charge < -0.3 is 10.4 Å². The smallest absolute Gasteiger partial charge is 0.162 e. The highest BCUT2D eigenvalue weighted by Crippen LogP contribution is 2.28. The normalized spacial score (nSPS) is 12.1. The third-order valence-corrected chi connectivity index (χ3v) is 2.96. The van der Waals surface area contributed by atoms with Crippen molar-refractivity contribution in [3.63, 3.8) is 0 Å². The number of nitrogens with zero attached hydrogens (tertiary/aromatic N) is 2. The summed E-state index contributed by atoms with van der Waals surface area (Å²) in [5.41, 5.74) is 0.351. The Hall–Kier alpha value is -0.830. The Bertz CT molecular complexity index is 343.